The molecule has 0 saturated heterocycles. The van der Waals surface area contributed by atoms with E-state index in [1.54, 1.807) is 19.1 Å². The number of nitrogens with one attached hydrogen (secondary N) is 1. The molecule has 21 heavy (non-hydrogen) atoms. The largest absolute Gasteiger partial charge is 0.481 e. The van der Waals surface area contributed by atoms with Crippen molar-refractivity contribution in [2.45, 2.75) is 26.9 Å². The molecule has 0 heterocycles. The molecule has 0 saturated carbocycles. The van der Waals surface area contributed by atoms with E-state index >= 15 is 0 Å². The topological polar surface area (TPSA) is 64.3 Å². The highest BCUT2D eigenvalue weighted by Crippen LogP contribution is 2.22. The number of rotatable bonds is 4. The Morgan fingerprint density at radius 1 is 1.14 bits per heavy atom. The number of nitrogens with two attached hydrogens (primary N) is 1. The zero-order valence-corrected chi connectivity index (χ0v) is 12.5. The zero-order valence-electron chi connectivity index (χ0n) is 12.5. The first-order chi connectivity index (χ1) is 9.99. The molecule has 4 heteroatoms. The first-order valence-corrected chi connectivity index (χ1v) is 6.87. The SMILES string of the molecule is Cc1cccc(OC(C)C(=O)Nc2ccccc2N)c1C. The van der Waals surface area contributed by atoms with Gasteiger partial charge in [0.05, 0.1) is 11.4 Å². The molecule has 0 aliphatic carbocycles. The predicted molar refractivity (Wildman–Crippen MR) is 85.5 cm³/mol. The second-order valence-electron chi connectivity index (χ2n) is 5.03. The van der Waals surface area contributed by atoms with Crippen LogP contribution in [-0.2, 0) is 4.79 Å². The van der Waals surface area contributed by atoms with Crippen molar-refractivity contribution in [1.82, 2.24) is 0 Å². The van der Waals surface area contributed by atoms with E-state index in [-0.39, 0.29) is 5.91 Å². The Balaban J connectivity index is 2.06. The summed E-state index contributed by atoms with van der Waals surface area (Å²) in [6, 6.07) is 12.9. The summed E-state index contributed by atoms with van der Waals surface area (Å²) in [5, 5.41) is 2.78. The van der Waals surface area contributed by atoms with Crippen LogP contribution < -0.4 is 15.8 Å². The molecule has 1 amide bonds. The second kappa shape index (κ2) is 6.31. The summed E-state index contributed by atoms with van der Waals surface area (Å²) in [7, 11) is 0. The molecule has 110 valence electrons. The van der Waals surface area contributed by atoms with E-state index in [9.17, 15) is 4.79 Å². The zero-order chi connectivity index (χ0) is 15.4. The average molecular weight is 284 g/mol. The van der Waals surface area contributed by atoms with E-state index in [1.807, 2.05) is 44.2 Å². The van der Waals surface area contributed by atoms with Gasteiger partial charge in [0.25, 0.3) is 5.91 Å². The van der Waals surface area contributed by atoms with Crippen LogP contribution in [0.25, 0.3) is 0 Å². The van der Waals surface area contributed by atoms with Gasteiger partial charge in [-0.25, -0.2) is 0 Å². The van der Waals surface area contributed by atoms with Crippen molar-refractivity contribution in [3.05, 3.63) is 53.6 Å². The summed E-state index contributed by atoms with van der Waals surface area (Å²) in [6.45, 7) is 5.71. The lowest BCUT2D eigenvalue weighted by Gasteiger charge is -2.17. The van der Waals surface area contributed by atoms with Crippen LogP contribution in [0.4, 0.5) is 11.4 Å². The molecule has 0 aliphatic heterocycles. The minimum atomic E-state index is -0.606. The Morgan fingerprint density at radius 2 is 1.86 bits per heavy atom. The number of anilines is 2. The number of carbonyl (C=O) groups excluding carboxylic acids is 1. The van der Waals surface area contributed by atoms with E-state index in [2.05, 4.69) is 5.32 Å². The standard InChI is InChI=1S/C17H20N2O2/c1-11-7-6-10-16(12(11)2)21-13(3)17(20)19-15-9-5-4-8-14(15)18/h4-10,13H,18H2,1-3H3,(H,19,20). The third-order valence-electron chi connectivity index (χ3n) is 3.45. The Bertz CT molecular complexity index is 653. The second-order valence-corrected chi connectivity index (χ2v) is 5.03. The van der Waals surface area contributed by atoms with Crippen LogP contribution >= 0.6 is 0 Å². The number of aryl methyl sites for hydroxylation is 1. The highest BCUT2D eigenvalue weighted by molar-refractivity contribution is 5.96. The van der Waals surface area contributed by atoms with E-state index in [0.717, 1.165) is 16.9 Å². The van der Waals surface area contributed by atoms with Gasteiger partial charge in [-0.1, -0.05) is 24.3 Å². The van der Waals surface area contributed by atoms with E-state index in [0.29, 0.717) is 11.4 Å². The molecule has 2 aromatic carbocycles. The number of hydrogen-bond donors (Lipinski definition) is 2. The van der Waals surface area contributed by atoms with E-state index in [1.165, 1.54) is 0 Å². The predicted octanol–water partition coefficient (Wildman–Crippen LogP) is 3.29. The van der Waals surface area contributed by atoms with Crippen LogP contribution in [0.1, 0.15) is 18.1 Å². The van der Waals surface area contributed by atoms with Crippen LogP contribution in [-0.4, -0.2) is 12.0 Å². The maximum absolute atomic E-state index is 12.2. The lowest BCUT2D eigenvalue weighted by Crippen LogP contribution is -2.30. The Kier molecular flexibility index (Phi) is 4.48. The van der Waals surface area contributed by atoms with Gasteiger partial charge in [0.1, 0.15) is 5.75 Å². The molecular formula is C17H20N2O2. The number of nitrogen functional groups attached to an aromatic ring is 1. The summed E-state index contributed by atoms with van der Waals surface area (Å²) in [6.07, 6.45) is -0.606. The number of hydrogen-bond acceptors (Lipinski definition) is 3. The molecule has 0 aromatic heterocycles. The quantitative estimate of drug-likeness (QED) is 0.847. The molecule has 1 unspecified atom stereocenters. The van der Waals surface area contributed by atoms with Crippen molar-refractivity contribution in [3.63, 3.8) is 0 Å². The number of carbonyl (C=O) groups is 1. The number of para-hydroxylation sites is 2. The average Bonchev–Trinajstić information content (AvgIpc) is 2.46. The van der Waals surface area contributed by atoms with Gasteiger partial charge in [-0.15, -0.1) is 0 Å². The van der Waals surface area contributed by atoms with Crippen molar-refractivity contribution in [1.29, 1.82) is 0 Å². The van der Waals surface area contributed by atoms with E-state index in [4.69, 9.17) is 10.5 Å². The van der Waals surface area contributed by atoms with Crippen molar-refractivity contribution >= 4 is 17.3 Å². The molecule has 0 radical (unpaired) electrons. The van der Waals surface area contributed by atoms with Crippen LogP contribution in [0.3, 0.4) is 0 Å². The van der Waals surface area contributed by atoms with Crippen molar-refractivity contribution < 1.29 is 9.53 Å². The molecule has 0 spiro atoms. The van der Waals surface area contributed by atoms with Gasteiger partial charge in [0, 0.05) is 0 Å². The minimum Gasteiger partial charge on any atom is -0.481 e. The molecule has 0 fully saturated rings. The molecular weight excluding hydrogens is 264 g/mol. The Morgan fingerprint density at radius 3 is 2.57 bits per heavy atom. The fourth-order valence-electron chi connectivity index (χ4n) is 1.94. The molecule has 4 nitrogen and oxygen atoms in total. The maximum Gasteiger partial charge on any atom is 0.265 e. The van der Waals surface area contributed by atoms with Gasteiger partial charge < -0.3 is 15.8 Å². The van der Waals surface area contributed by atoms with Gasteiger partial charge in [0.2, 0.25) is 0 Å². The lowest BCUT2D eigenvalue weighted by atomic mass is 10.1. The first kappa shape index (κ1) is 14.9. The van der Waals surface area contributed by atoms with Gasteiger partial charge in [-0.3, -0.25) is 4.79 Å². The number of amides is 1. The van der Waals surface area contributed by atoms with E-state index < -0.39 is 6.10 Å². The molecule has 0 aliphatic rings. The fraction of sp³-hybridized carbons (Fsp3) is 0.235. The number of benzene rings is 2. The molecule has 3 N–H and O–H groups in total. The monoisotopic (exact) mass is 284 g/mol. The van der Waals surface area contributed by atoms with Crippen LogP contribution in [0, 0.1) is 13.8 Å². The van der Waals surface area contributed by atoms with Crippen molar-refractivity contribution in [3.8, 4) is 5.75 Å². The highest BCUT2D eigenvalue weighted by Gasteiger charge is 2.16. The van der Waals surface area contributed by atoms with Gasteiger partial charge in [-0.05, 0) is 50.1 Å². The Labute approximate surface area is 124 Å². The van der Waals surface area contributed by atoms with Crippen molar-refractivity contribution in [2.75, 3.05) is 11.1 Å². The normalized spacial score (nSPS) is 11.8. The van der Waals surface area contributed by atoms with Crippen molar-refractivity contribution in [2.24, 2.45) is 0 Å². The summed E-state index contributed by atoms with van der Waals surface area (Å²) in [5.74, 6) is 0.493. The molecule has 2 aromatic rings. The summed E-state index contributed by atoms with van der Waals surface area (Å²) >= 11 is 0. The molecule has 1 atom stereocenters. The van der Waals surface area contributed by atoms with Crippen LogP contribution in [0.15, 0.2) is 42.5 Å². The minimum absolute atomic E-state index is 0.228. The lowest BCUT2D eigenvalue weighted by molar-refractivity contribution is -0.122. The fourth-order valence-corrected chi connectivity index (χ4v) is 1.94. The summed E-state index contributed by atoms with van der Waals surface area (Å²) in [5.41, 5.74) is 9.11. The number of ether oxygens (including phenoxy) is 1. The van der Waals surface area contributed by atoms with Gasteiger partial charge in [0.15, 0.2) is 6.10 Å². The summed E-state index contributed by atoms with van der Waals surface area (Å²) < 4.78 is 5.75. The van der Waals surface area contributed by atoms with Crippen LogP contribution in [0.5, 0.6) is 5.75 Å². The third kappa shape index (κ3) is 3.54. The van der Waals surface area contributed by atoms with Gasteiger partial charge >= 0.3 is 0 Å². The Hall–Kier alpha value is -2.49. The third-order valence-corrected chi connectivity index (χ3v) is 3.45. The first-order valence-electron chi connectivity index (χ1n) is 6.87. The smallest absolute Gasteiger partial charge is 0.265 e. The van der Waals surface area contributed by atoms with Gasteiger partial charge in [-0.2, -0.15) is 0 Å². The maximum atomic E-state index is 12.2. The van der Waals surface area contributed by atoms with Crippen LogP contribution in [0.2, 0.25) is 0 Å². The summed E-state index contributed by atoms with van der Waals surface area (Å²) in [4.78, 5) is 12.2. The molecule has 2 rings (SSSR count). The molecule has 0 bridgehead atoms. The highest BCUT2D eigenvalue weighted by atomic mass is 16.5.